The van der Waals surface area contributed by atoms with E-state index >= 15 is 0 Å². The van der Waals surface area contributed by atoms with Crippen LogP contribution in [0.5, 0.6) is 0 Å². The predicted octanol–water partition coefficient (Wildman–Crippen LogP) is 1.70. The first kappa shape index (κ1) is 16.5. The highest BCUT2D eigenvalue weighted by atomic mass is 16.7. The summed E-state index contributed by atoms with van der Waals surface area (Å²) in [5, 5.41) is 13.7. The molecule has 23 heavy (non-hydrogen) atoms. The number of hydrogen-bond donors (Lipinski definition) is 3. The van der Waals surface area contributed by atoms with E-state index in [1.807, 2.05) is 66.1 Å². The van der Waals surface area contributed by atoms with Gasteiger partial charge in [0, 0.05) is 13.0 Å². The highest BCUT2D eigenvalue weighted by Gasteiger charge is 2.30. The van der Waals surface area contributed by atoms with Crippen LogP contribution in [-0.2, 0) is 15.2 Å². The molecule has 2 aromatic rings. The van der Waals surface area contributed by atoms with Gasteiger partial charge in [-0.3, -0.25) is 4.79 Å². The first-order valence-electron chi connectivity index (χ1n) is 7.13. The van der Waals surface area contributed by atoms with Crippen molar-refractivity contribution in [3.8, 4) is 0 Å². The smallest absolute Gasteiger partial charge is 0.348 e. The number of hydrogen-bond acceptors (Lipinski definition) is 4. The maximum absolute atomic E-state index is 11.4. The Hall–Kier alpha value is -2.86. The molecule has 0 bridgehead atoms. The highest BCUT2D eigenvalue weighted by Crippen LogP contribution is 2.32. The number of benzene rings is 2. The lowest BCUT2D eigenvalue weighted by Crippen LogP contribution is -2.39. The third-order valence-corrected chi connectivity index (χ3v) is 3.47. The number of amides is 2. The van der Waals surface area contributed by atoms with Gasteiger partial charge in [0.2, 0.25) is 0 Å². The Kier molecular flexibility index (Phi) is 5.71. The molecule has 120 valence electrons. The van der Waals surface area contributed by atoms with Gasteiger partial charge in [0.15, 0.2) is 0 Å². The largest absolute Gasteiger partial charge is 0.380 e. The lowest BCUT2D eigenvalue weighted by Gasteiger charge is -2.29. The van der Waals surface area contributed by atoms with Crippen molar-refractivity contribution >= 4 is 12.5 Å². The molecular formula is C17H18N2O4. The molecule has 3 N–H and O–H groups in total. The van der Waals surface area contributed by atoms with E-state index in [4.69, 9.17) is 0 Å². The van der Waals surface area contributed by atoms with E-state index in [1.54, 1.807) is 0 Å². The number of rotatable bonds is 7. The molecule has 0 fully saturated rings. The summed E-state index contributed by atoms with van der Waals surface area (Å²) in [5.41, 5.74) is 2.13. The van der Waals surface area contributed by atoms with E-state index in [9.17, 15) is 14.7 Å². The van der Waals surface area contributed by atoms with Crippen LogP contribution in [0.15, 0.2) is 60.7 Å². The van der Waals surface area contributed by atoms with Crippen molar-refractivity contribution < 1.29 is 19.5 Å². The van der Waals surface area contributed by atoms with Gasteiger partial charge in [-0.1, -0.05) is 60.7 Å². The summed E-state index contributed by atoms with van der Waals surface area (Å²) in [5.74, 6) is 0. The van der Waals surface area contributed by atoms with E-state index in [2.05, 4.69) is 10.2 Å². The fourth-order valence-corrected chi connectivity index (χ4v) is 2.35. The lowest BCUT2D eigenvalue weighted by molar-refractivity contribution is -0.133. The van der Waals surface area contributed by atoms with Crippen LogP contribution in [0.2, 0.25) is 0 Å². The quantitative estimate of drug-likeness (QED) is 0.536. The Bertz CT molecular complexity index is 592. The van der Waals surface area contributed by atoms with Crippen molar-refractivity contribution in [2.24, 2.45) is 0 Å². The van der Waals surface area contributed by atoms with Gasteiger partial charge >= 0.3 is 12.5 Å². The normalized spacial score (nSPS) is 10.7. The molecule has 2 rings (SSSR count). The van der Waals surface area contributed by atoms with Crippen LogP contribution in [-0.4, -0.2) is 24.2 Å². The molecule has 0 aromatic heterocycles. The van der Waals surface area contributed by atoms with Crippen molar-refractivity contribution in [3.05, 3.63) is 71.8 Å². The van der Waals surface area contributed by atoms with Crippen LogP contribution < -0.4 is 10.8 Å². The summed E-state index contributed by atoms with van der Waals surface area (Å²) in [6, 6.07) is 17.8. The van der Waals surface area contributed by atoms with Crippen molar-refractivity contribution in [1.82, 2.24) is 10.8 Å². The zero-order valence-corrected chi connectivity index (χ0v) is 12.4. The van der Waals surface area contributed by atoms with Crippen molar-refractivity contribution in [2.75, 3.05) is 6.54 Å². The average molecular weight is 314 g/mol. The van der Waals surface area contributed by atoms with Gasteiger partial charge in [0.05, 0.1) is 0 Å². The first-order chi connectivity index (χ1) is 11.2. The second-order valence-corrected chi connectivity index (χ2v) is 4.91. The van der Waals surface area contributed by atoms with Gasteiger partial charge < -0.3 is 15.3 Å². The molecule has 0 spiro atoms. The molecule has 6 heteroatoms. The van der Waals surface area contributed by atoms with E-state index < -0.39 is 11.6 Å². The minimum absolute atomic E-state index is 0.115. The van der Waals surface area contributed by atoms with E-state index in [0.717, 1.165) is 11.1 Å². The standard InChI is InChI=1S/C17H18N2O4/c20-13-23-19-16(21)18-12-11-17(22,14-7-3-1-4-8-14)15-9-5-2-6-10-15/h1-10,13,22H,11-12H2,(H2,18,19,21). The number of urea groups is 1. The van der Waals surface area contributed by atoms with Gasteiger partial charge in [0.1, 0.15) is 5.60 Å². The summed E-state index contributed by atoms with van der Waals surface area (Å²) in [4.78, 5) is 25.5. The number of nitrogens with one attached hydrogen (secondary N) is 2. The fourth-order valence-electron chi connectivity index (χ4n) is 2.35. The summed E-state index contributed by atoms with van der Waals surface area (Å²) in [6.45, 7) is 0.304. The molecule has 6 nitrogen and oxygen atoms in total. The summed E-state index contributed by atoms with van der Waals surface area (Å²) in [6.07, 6.45) is 0.259. The monoisotopic (exact) mass is 314 g/mol. The molecule has 0 aliphatic heterocycles. The third-order valence-electron chi connectivity index (χ3n) is 3.47. The zero-order valence-electron chi connectivity index (χ0n) is 12.4. The molecule has 0 heterocycles. The third kappa shape index (κ3) is 4.31. The molecule has 0 saturated carbocycles. The first-order valence-corrected chi connectivity index (χ1v) is 7.13. The van der Waals surface area contributed by atoms with E-state index in [1.165, 1.54) is 0 Å². The summed E-state index contributed by atoms with van der Waals surface area (Å²) < 4.78 is 0. The van der Waals surface area contributed by atoms with Gasteiger partial charge in [-0.05, 0) is 11.1 Å². The molecule has 0 unspecified atom stereocenters. The minimum atomic E-state index is -1.23. The maximum atomic E-state index is 11.4. The Morgan fingerprint density at radius 1 is 1.04 bits per heavy atom. The van der Waals surface area contributed by atoms with Crippen molar-refractivity contribution in [3.63, 3.8) is 0 Å². The van der Waals surface area contributed by atoms with Crippen LogP contribution >= 0.6 is 0 Å². The number of aliphatic hydroxyl groups is 1. The lowest BCUT2D eigenvalue weighted by atomic mass is 9.83. The van der Waals surface area contributed by atoms with Gasteiger partial charge in [-0.25, -0.2) is 4.79 Å². The molecular weight excluding hydrogens is 296 g/mol. The number of carbonyl (C=O) groups excluding carboxylic acids is 2. The molecule has 0 radical (unpaired) electrons. The van der Waals surface area contributed by atoms with Crippen LogP contribution in [0, 0.1) is 0 Å². The van der Waals surface area contributed by atoms with E-state index in [-0.39, 0.29) is 19.4 Å². The minimum Gasteiger partial charge on any atom is -0.380 e. The summed E-state index contributed by atoms with van der Waals surface area (Å²) in [7, 11) is 0. The van der Waals surface area contributed by atoms with Gasteiger partial charge in [-0.2, -0.15) is 5.48 Å². The maximum Gasteiger partial charge on any atom is 0.348 e. The van der Waals surface area contributed by atoms with Gasteiger partial charge in [-0.15, -0.1) is 0 Å². The molecule has 0 aliphatic rings. The second-order valence-electron chi connectivity index (χ2n) is 4.91. The SMILES string of the molecule is O=CONC(=O)NCCC(O)(c1ccccc1)c1ccccc1. The second kappa shape index (κ2) is 7.95. The molecule has 2 amide bonds. The Morgan fingerprint density at radius 3 is 2.04 bits per heavy atom. The van der Waals surface area contributed by atoms with Crippen LogP contribution in [0.1, 0.15) is 17.5 Å². The average Bonchev–Trinajstić information content (AvgIpc) is 2.61. The van der Waals surface area contributed by atoms with Gasteiger partial charge in [0.25, 0.3) is 0 Å². The Labute approximate surface area is 134 Å². The summed E-state index contributed by atoms with van der Waals surface area (Å²) >= 11 is 0. The molecule has 0 atom stereocenters. The fraction of sp³-hybridized carbons (Fsp3) is 0.176. The number of hydroxylamine groups is 1. The molecule has 0 aliphatic carbocycles. The molecule has 2 aromatic carbocycles. The Morgan fingerprint density at radius 2 is 1.57 bits per heavy atom. The van der Waals surface area contributed by atoms with Crippen LogP contribution in [0.3, 0.4) is 0 Å². The Balaban J connectivity index is 2.12. The van der Waals surface area contributed by atoms with Crippen LogP contribution in [0.4, 0.5) is 4.79 Å². The highest BCUT2D eigenvalue weighted by molar-refractivity contribution is 5.73. The van der Waals surface area contributed by atoms with Crippen molar-refractivity contribution in [1.29, 1.82) is 0 Å². The van der Waals surface area contributed by atoms with Crippen LogP contribution in [0.25, 0.3) is 0 Å². The molecule has 0 saturated heterocycles. The zero-order chi connectivity index (χ0) is 16.5. The topological polar surface area (TPSA) is 87.7 Å². The van der Waals surface area contributed by atoms with E-state index in [0.29, 0.717) is 0 Å². The predicted molar refractivity (Wildman–Crippen MR) is 84.2 cm³/mol. The van der Waals surface area contributed by atoms with Crippen molar-refractivity contribution in [2.45, 2.75) is 12.0 Å². The number of carbonyl (C=O) groups is 2.